The maximum absolute atomic E-state index is 13.6. The average molecular weight is 298 g/mol. The van der Waals surface area contributed by atoms with Gasteiger partial charge in [-0.25, -0.2) is 8.78 Å². The minimum Gasteiger partial charge on any atom is -0.312 e. The fourth-order valence-corrected chi connectivity index (χ4v) is 2.39. The van der Waals surface area contributed by atoms with Gasteiger partial charge >= 0.3 is 0 Å². The first kappa shape index (κ1) is 16.9. The number of nitrogens with zero attached hydrogens (tertiary/aromatic N) is 1. The molecule has 0 saturated carbocycles. The van der Waals surface area contributed by atoms with Crippen LogP contribution < -0.4 is 5.32 Å². The standard InChI is InChI=1S/C15H20F2N2S/c1-20-7-5-3-2-4-6-19-11-13-14(16)8-12(10-18)9-15(13)17/h8-9,19H,2-7,11H2,1H3. The number of nitrogens with one attached hydrogen (secondary N) is 1. The van der Waals surface area contributed by atoms with E-state index in [1.54, 1.807) is 6.07 Å². The van der Waals surface area contributed by atoms with Crippen molar-refractivity contribution in [2.24, 2.45) is 0 Å². The van der Waals surface area contributed by atoms with Gasteiger partial charge in [0.25, 0.3) is 0 Å². The van der Waals surface area contributed by atoms with Crippen LogP contribution in [0, 0.1) is 23.0 Å². The zero-order chi connectivity index (χ0) is 14.8. The molecule has 20 heavy (non-hydrogen) atoms. The van der Waals surface area contributed by atoms with Crippen LogP contribution in [0.25, 0.3) is 0 Å². The van der Waals surface area contributed by atoms with Crippen molar-refractivity contribution < 1.29 is 8.78 Å². The van der Waals surface area contributed by atoms with E-state index in [0.29, 0.717) is 0 Å². The number of thioether (sulfide) groups is 1. The van der Waals surface area contributed by atoms with E-state index in [1.165, 1.54) is 18.6 Å². The maximum atomic E-state index is 13.6. The summed E-state index contributed by atoms with van der Waals surface area (Å²) in [5, 5.41) is 11.7. The fraction of sp³-hybridized carbons (Fsp3) is 0.533. The van der Waals surface area contributed by atoms with E-state index >= 15 is 0 Å². The van der Waals surface area contributed by atoms with Gasteiger partial charge in [-0.2, -0.15) is 17.0 Å². The summed E-state index contributed by atoms with van der Waals surface area (Å²) < 4.78 is 27.2. The van der Waals surface area contributed by atoms with Crippen molar-refractivity contribution in [3.63, 3.8) is 0 Å². The van der Waals surface area contributed by atoms with Gasteiger partial charge in [-0.3, -0.25) is 0 Å². The van der Waals surface area contributed by atoms with E-state index in [4.69, 9.17) is 5.26 Å². The van der Waals surface area contributed by atoms with Gasteiger partial charge in [-0.05, 0) is 43.5 Å². The molecule has 0 aliphatic rings. The first-order valence-corrected chi connectivity index (χ1v) is 8.16. The quantitative estimate of drug-likeness (QED) is 0.703. The second-order valence-corrected chi connectivity index (χ2v) is 5.60. The predicted molar refractivity (Wildman–Crippen MR) is 79.6 cm³/mol. The molecule has 0 aromatic heterocycles. The molecule has 1 aromatic carbocycles. The van der Waals surface area contributed by atoms with Crippen LogP contribution in [0.15, 0.2) is 12.1 Å². The molecule has 0 radical (unpaired) electrons. The molecular formula is C15H20F2N2S. The van der Waals surface area contributed by atoms with Crippen LogP contribution in [0.5, 0.6) is 0 Å². The zero-order valence-electron chi connectivity index (χ0n) is 11.7. The van der Waals surface area contributed by atoms with Crippen molar-refractivity contribution >= 4 is 11.8 Å². The molecule has 0 fully saturated rings. The highest BCUT2D eigenvalue weighted by Crippen LogP contribution is 2.15. The Balaban J connectivity index is 2.27. The minimum atomic E-state index is -0.658. The van der Waals surface area contributed by atoms with Crippen LogP contribution in [0.4, 0.5) is 8.78 Å². The highest BCUT2D eigenvalue weighted by Gasteiger charge is 2.10. The topological polar surface area (TPSA) is 35.8 Å². The maximum Gasteiger partial charge on any atom is 0.131 e. The van der Waals surface area contributed by atoms with Crippen LogP contribution in [0.1, 0.15) is 36.8 Å². The number of unbranched alkanes of at least 4 members (excludes halogenated alkanes) is 3. The van der Waals surface area contributed by atoms with Gasteiger partial charge in [0.2, 0.25) is 0 Å². The van der Waals surface area contributed by atoms with E-state index in [2.05, 4.69) is 11.6 Å². The first-order chi connectivity index (χ1) is 9.69. The molecule has 0 heterocycles. The summed E-state index contributed by atoms with van der Waals surface area (Å²) >= 11 is 1.85. The molecule has 1 aromatic rings. The third-order valence-corrected chi connectivity index (χ3v) is 3.72. The highest BCUT2D eigenvalue weighted by molar-refractivity contribution is 7.98. The zero-order valence-corrected chi connectivity index (χ0v) is 12.5. The molecule has 0 spiro atoms. The van der Waals surface area contributed by atoms with Crippen molar-refractivity contribution in [1.29, 1.82) is 5.26 Å². The number of nitriles is 1. The third kappa shape index (κ3) is 5.89. The van der Waals surface area contributed by atoms with Gasteiger partial charge in [0, 0.05) is 12.1 Å². The molecule has 0 amide bonds. The average Bonchev–Trinajstić information content (AvgIpc) is 2.43. The lowest BCUT2D eigenvalue weighted by molar-refractivity contribution is 0.526. The highest BCUT2D eigenvalue weighted by atomic mass is 32.2. The molecule has 0 aliphatic heterocycles. The van der Waals surface area contributed by atoms with Gasteiger partial charge in [0.05, 0.1) is 11.6 Å². The van der Waals surface area contributed by atoms with E-state index < -0.39 is 11.6 Å². The van der Waals surface area contributed by atoms with E-state index in [9.17, 15) is 8.78 Å². The smallest absolute Gasteiger partial charge is 0.131 e. The Morgan fingerprint density at radius 3 is 2.40 bits per heavy atom. The van der Waals surface area contributed by atoms with Crippen LogP contribution in [-0.4, -0.2) is 18.6 Å². The number of halogens is 2. The molecule has 5 heteroatoms. The first-order valence-electron chi connectivity index (χ1n) is 6.76. The minimum absolute atomic E-state index is 0.00591. The SMILES string of the molecule is CSCCCCCCNCc1c(F)cc(C#N)cc1F. The largest absolute Gasteiger partial charge is 0.312 e. The summed E-state index contributed by atoms with van der Waals surface area (Å²) in [5.74, 6) is -0.127. The lowest BCUT2D eigenvalue weighted by atomic mass is 10.1. The van der Waals surface area contributed by atoms with E-state index in [1.807, 2.05) is 11.8 Å². The summed E-state index contributed by atoms with van der Waals surface area (Å²) in [6.07, 6.45) is 6.66. The third-order valence-electron chi connectivity index (χ3n) is 3.02. The molecule has 0 atom stereocenters. The molecule has 0 unspecified atom stereocenters. The van der Waals surface area contributed by atoms with Gasteiger partial charge in [-0.15, -0.1) is 0 Å². The summed E-state index contributed by atoms with van der Waals surface area (Å²) in [4.78, 5) is 0. The lowest BCUT2D eigenvalue weighted by Gasteiger charge is -2.07. The Kier molecular flexibility index (Phi) is 8.24. The Morgan fingerprint density at radius 2 is 1.80 bits per heavy atom. The number of rotatable bonds is 9. The Morgan fingerprint density at radius 1 is 1.15 bits per heavy atom. The summed E-state index contributed by atoms with van der Waals surface area (Å²) in [7, 11) is 0. The van der Waals surface area contributed by atoms with Crippen molar-refractivity contribution in [1.82, 2.24) is 5.32 Å². The molecule has 0 aliphatic carbocycles. The molecule has 1 rings (SSSR count). The summed E-state index contributed by atoms with van der Waals surface area (Å²) in [5.41, 5.74) is 0.0175. The Labute approximate surface area is 123 Å². The van der Waals surface area contributed by atoms with Gasteiger partial charge in [-0.1, -0.05) is 12.8 Å². The second-order valence-electron chi connectivity index (χ2n) is 4.61. The predicted octanol–water partition coefficient (Wildman–Crippen LogP) is 3.85. The number of hydrogen-bond acceptors (Lipinski definition) is 3. The second kappa shape index (κ2) is 9.73. The molecule has 0 bridgehead atoms. The Bertz CT molecular complexity index is 435. The fourth-order valence-electron chi connectivity index (χ4n) is 1.90. The van der Waals surface area contributed by atoms with Crippen molar-refractivity contribution in [2.45, 2.75) is 32.2 Å². The molecule has 110 valence electrons. The molecule has 1 N–H and O–H groups in total. The normalized spacial score (nSPS) is 10.5. The molecular weight excluding hydrogens is 278 g/mol. The van der Waals surface area contributed by atoms with Crippen molar-refractivity contribution in [3.05, 3.63) is 34.9 Å². The van der Waals surface area contributed by atoms with Gasteiger partial charge in [0.15, 0.2) is 0 Å². The van der Waals surface area contributed by atoms with Crippen LogP contribution in [0.3, 0.4) is 0 Å². The van der Waals surface area contributed by atoms with Gasteiger partial charge < -0.3 is 5.32 Å². The number of hydrogen-bond donors (Lipinski definition) is 1. The molecule has 0 saturated heterocycles. The monoisotopic (exact) mass is 298 g/mol. The lowest BCUT2D eigenvalue weighted by Crippen LogP contribution is -2.17. The Hall–Kier alpha value is -1.12. The summed E-state index contributed by atoms with van der Waals surface area (Å²) in [6, 6.07) is 3.88. The van der Waals surface area contributed by atoms with Gasteiger partial charge in [0.1, 0.15) is 11.6 Å². The van der Waals surface area contributed by atoms with Crippen LogP contribution in [0.2, 0.25) is 0 Å². The summed E-state index contributed by atoms with van der Waals surface area (Å²) in [6.45, 7) is 0.909. The van der Waals surface area contributed by atoms with Crippen LogP contribution >= 0.6 is 11.8 Å². The van der Waals surface area contributed by atoms with Crippen LogP contribution in [-0.2, 0) is 6.54 Å². The van der Waals surface area contributed by atoms with Crippen molar-refractivity contribution in [2.75, 3.05) is 18.6 Å². The number of benzene rings is 1. The molecule has 2 nitrogen and oxygen atoms in total. The van der Waals surface area contributed by atoms with E-state index in [0.717, 1.165) is 31.5 Å². The van der Waals surface area contributed by atoms with Crippen molar-refractivity contribution in [3.8, 4) is 6.07 Å². The van der Waals surface area contributed by atoms with E-state index in [-0.39, 0.29) is 17.7 Å².